The Morgan fingerprint density at radius 2 is 1.71 bits per heavy atom. The Hall–Kier alpha value is -1.75. The average molecular weight is 330 g/mol. The topological polar surface area (TPSA) is 47.6 Å². The first kappa shape index (κ1) is 17.1. The van der Waals surface area contributed by atoms with Crippen LogP contribution in [0.3, 0.4) is 0 Å². The van der Waals surface area contributed by atoms with Crippen molar-refractivity contribution in [1.29, 1.82) is 0 Å². The lowest BCUT2D eigenvalue weighted by Crippen LogP contribution is -2.44. The predicted octanol–water partition coefficient (Wildman–Crippen LogP) is 2.57. The molecule has 1 aromatic carbocycles. The van der Waals surface area contributed by atoms with E-state index >= 15 is 0 Å². The van der Waals surface area contributed by atoms with Crippen LogP contribution in [0.4, 0.5) is 10.5 Å². The van der Waals surface area contributed by atoms with Crippen LogP contribution in [-0.2, 0) is 6.54 Å². The Morgan fingerprint density at radius 3 is 2.38 bits per heavy atom. The highest BCUT2D eigenvalue weighted by atomic mass is 16.2. The third-order valence-electron chi connectivity index (χ3n) is 5.20. The number of hydrogen-bond donors (Lipinski definition) is 2. The second kappa shape index (κ2) is 8.38. The lowest BCUT2D eigenvalue weighted by molar-refractivity contribution is 0.232. The van der Waals surface area contributed by atoms with Crippen molar-refractivity contribution in [3.8, 4) is 0 Å². The van der Waals surface area contributed by atoms with Crippen molar-refractivity contribution in [2.24, 2.45) is 0 Å². The van der Waals surface area contributed by atoms with Crippen molar-refractivity contribution in [1.82, 2.24) is 15.5 Å². The molecule has 0 aromatic heterocycles. The van der Waals surface area contributed by atoms with E-state index in [1.165, 1.54) is 24.9 Å². The Morgan fingerprint density at radius 1 is 1.04 bits per heavy atom. The monoisotopic (exact) mass is 330 g/mol. The minimum absolute atomic E-state index is 0.0370. The van der Waals surface area contributed by atoms with Crippen LogP contribution in [0.1, 0.15) is 37.7 Å². The van der Waals surface area contributed by atoms with Gasteiger partial charge in [-0.15, -0.1) is 0 Å². The van der Waals surface area contributed by atoms with Gasteiger partial charge in [0.2, 0.25) is 0 Å². The fraction of sp³-hybridized carbons (Fsp3) is 0.632. The summed E-state index contributed by atoms with van der Waals surface area (Å²) in [7, 11) is 2.17. The molecule has 2 aliphatic rings. The van der Waals surface area contributed by atoms with Crippen molar-refractivity contribution < 1.29 is 4.79 Å². The van der Waals surface area contributed by atoms with Gasteiger partial charge in [-0.3, -0.25) is 0 Å². The Bertz CT molecular complexity index is 517. The summed E-state index contributed by atoms with van der Waals surface area (Å²) in [6, 6.07) is 8.90. The number of piperazine rings is 1. The van der Waals surface area contributed by atoms with Gasteiger partial charge in [-0.25, -0.2) is 4.79 Å². The third kappa shape index (κ3) is 4.87. The number of urea groups is 1. The van der Waals surface area contributed by atoms with Crippen molar-refractivity contribution in [2.45, 2.75) is 44.7 Å². The molecule has 0 bridgehead atoms. The molecule has 1 saturated carbocycles. The Labute approximate surface area is 145 Å². The summed E-state index contributed by atoms with van der Waals surface area (Å²) in [6.07, 6.45) is 6.01. The van der Waals surface area contributed by atoms with Gasteiger partial charge in [0.05, 0.1) is 0 Å². The number of likely N-dealkylation sites (N-methyl/N-ethyl adjacent to an activating group) is 1. The zero-order valence-corrected chi connectivity index (χ0v) is 14.8. The summed E-state index contributed by atoms with van der Waals surface area (Å²) in [6.45, 7) is 4.98. The molecule has 0 radical (unpaired) electrons. The number of nitrogens with zero attached hydrogens (tertiary/aromatic N) is 2. The first-order chi connectivity index (χ1) is 11.7. The SMILES string of the molecule is CN1CCN(c2ccc(CNC(=O)NC3CCCCC3)cc2)CC1. The average Bonchev–Trinajstić information content (AvgIpc) is 2.62. The summed E-state index contributed by atoms with van der Waals surface area (Å²) in [4.78, 5) is 16.8. The van der Waals surface area contributed by atoms with Gasteiger partial charge in [0, 0.05) is 44.5 Å². The lowest BCUT2D eigenvalue weighted by Gasteiger charge is -2.34. The van der Waals surface area contributed by atoms with E-state index in [2.05, 4.69) is 51.7 Å². The maximum absolute atomic E-state index is 12.0. The number of benzene rings is 1. The first-order valence-electron chi connectivity index (χ1n) is 9.27. The number of rotatable bonds is 4. The number of hydrogen-bond acceptors (Lipinski definition) is 3. The maximum atomic E-state index is 12.0. The molecular weight excluding hydrogens is 300 g/mol. The van der Waals surface area contributed by atoms with Crippen LogP contribution in [0.5, 0.6) is 0 Å². The van der Waals surface area contributed by atoms with Gasteiger partial charge in [0.25, 0.3) is 0 Å². The molecule has 0 atom stereocenters. The highest BCUT2D eigenvalue weighted by Gasteiger charge is 2.16. The fourth-order valence-corrected chi connectivity index (χ4v) is 3.55. The molecule has 0 unspecified atom stereocenters. The van der Waals surface area contributed by atoms with E-state index in [1.807, 2.05) is 0 Å². The highest BCUT2D eigenvalue weighted by Crippen LogP contribution is 2.18. The van der Waals surface area contributed by atoms with E-state index in [1.54, 1.807) is 0 Å². The molecule has 3 rings (SSSR count). The van der Waals surface area contributed by atoms with E-state index in [0.29, 0.717) is 12.6 Å². The van der Waals surface area contributed by atoms with Crippen molar-refractivity contribution in [3.63, 3.8) is 0 Å². The van der Waals surface area contributed by atoms with Crippen LogP contribution in [0, 0.1) is 0 Å². The van der Waals surface area contributed by atoms with Crippen LogP contribution in [0.25, 0.3) is 0 Å². The molecule has 5 nitrogen and oxygen atoms in total. The van der Waals surface area contributed by atoms with E-state index in [0.717, 1.165) is 44.6 Å². The largest absolute Gasteiger partial charge is 0.369 e. The van der Waals surface area contributed by atoms with E-state index in [-0.39, 0.29) is 6.03 Å². The van der Waals surface area contributed by atoms with Gasteiger partial charge < -0.3 is 20.4 Å². The molecule has 24 heavy (non-hydrogen) atoms. The third-order valence-corrected chi connectivity index (χ3v) is 5.20. The number of nitrogens with one attached hydrogen (secondary N) is 2. The van der Waals surface area contributed by atoms with E-state index in [9.17, 15) is 4.79 Å². The second-order valence-corrected chi connectivity index (χ2v) is 7.12. The van der Waals surface area contributed by atoms with Crippen molar-refractivity contribution >= 4 is 11.7 Å². The second-order valence-electron chi connectivity index (χ2n) is 7.12. The minimum atomic E-state index is -0.0370. The van der Waals surface area contributed by atoms with Gasteiger partial charge in [0.15, 0.2) is 0 Å². The predicted molar refractivity (Wildman–Crippen MR) is 98.4 cm³/mol. The maximum Gasteiger partial charge on any atom is 0.315 e. The normalized spacial score (nSPS) is 20.0. The molecule has 132 valence electrons. The molecule has 2 amide bonds. The van der Waals surface area contributed by atoms with Gasteiger partial charge in [-0.2, -0.15) is 0 Å². The molecule has 1 aliphatic carbocycles. The van der Waals surface area contributed by atoms with E-state index < -0.39 is 0 Å². The van der Waals surface area contributed by atoms with Crippen molar-refractivity contribution in [2.75, 3.05) is 38.1 Å². The minimum Gasteiger partial charge on any atom is -0.369 e. The zero-order chi connectivity index (χ0) is 16.8. The molecule has 1 saturated heterocycles. The molecule has 2 fully saturated rings. The molecule has 2 N–H and O–H groups in total. The summed E-state index contributed by atoms with van der Waals surface area (Å²) < 4.78 is 0. The number of anilines is 1. The van der Waals surface area contributed by atoms with Gasteiger partial charge >= 0.3 is 6.03 Å². The fourth-order valence-electron chi connectivity index (χ4n) is 3.55. The summed E-state index contributed by atoms with van der Waals surface area (Å²) in [5.41, 5.74) is 2.42. The number of carbonyl (C=O) groups is 1. The van der Waals surface area contributed by atoms with Crippen LogP contribution >= 0.6 is 0 Å². The van der Waals surface area contributed by atoms with Crippen molar-refractivity contribution in [3.05, 3.63) is 29.8 Å². The molecule has 5 heteroatoms. The van der Waals surface area contributed by atoms with Crippen LogP contribution in [0.2, 0.25) is 0 Å². The number of carbonyl (C=O) groups excluding carboxylic acids is 1. The lowest BCUT2D eigenvalue weighted by atomic mass is 9.96. The smallest absolute Gasteiger partial charge is 0.315 e. The van der Waals surface area contributed by atoms with Crippen LogP contribution in [0.15, 0.2) is 24.3 Å². The molecule has 1 aliphatic heterocycles. The van der Waals surface area contributed by atoms with Crippen LogP contribution < -0.4 is 15.5 Å². The van der Waals surface area contributed by atoms with Gasteiger partial charge in [-0.1, -0.05) is 31.4 Å². The quantitative estimate of drug-likeness (QED) is 0.892. The molecule has 1 aromatic rings. The van der Waals surface area contributed by atoms with E-state index in [4.69, 9.17) is 0 Å². The van der Waals surface area contributed by atoms with Gasteiger partial charge in [-0.05, 0) is 37.6 Å². The molecule has 0 spiro atoms. The zero-order valence-electron chi connectivity index (χ0n) is 14.8. The molecular formula is C19H30N4O. The summed E-state index contributed by atoms with van der Waals surface area (Å²) >= 11 is 0. The highest BCUT2D eigenvalue weighted by molar-refractivity contribution is 5.74. The Balaban J connectivity index is 1.43. The first-order valence-corrected chi connectivity index (χ1v) is 9.27. The summed E-state index contributed by atoms with van der Waals surface area (Å²) in [5.74, 6) is 0. The van der Waals surface area contributed by atoms with Gasteiger partial charge in [0.1, 0.15) is 0 Å². The summed E-state index contributed by atoms with van der Waals surface area (Å²) in [5, 5.41) is 6.07. The molecule has 1 heterocycles. The van der Waals surface area contributed by atoms with Crippen LogP contribution in [-0.4, -0.2) is 50.2 Å². The Kier molecular flexibility index (Phi) is 5.96. The standard InChI is InChI=1S/C19H30N4O/c1-22-11-13-23(14-12-22)18-9-7-16(8-10-18)15-20-19(24)21-17-5-3-2-4-6-17/h7-10,17H,2-6,11-15H2,1H3,(H2,20,21,24). The number of amides is 2.